The first kappa shape index (κ1) is 22.4. The highest BCUT2D eigenvalue weighted by Gasteiger charge is 2.48. The lowest BCUT2D eigenvalue weighted by atomic mass is 9.94. The van der Waals surface area contributed by atoms with Crippen LogP contribution in [0.25, 0.3) is 6.08 Å². The van der Waals surface area contributed by atoms with E-state index in [4.69, 9.17) is 4.74 Å². The molecule has 0 N–H and O–H groups in total. The standard InChI is InChI=1S/C28H21NO6/c1-2-23(29-26(32)20-9-5-6-10-21(20)27(29)33)28(34)35-17-13-11-16(12-14-17)15-22-24(30)18-7-3-4-8-19(18)25(22)31/h3-9,11-15,21,23H,2,10H2,1H3. The summed E-state index contributed by atoms with van der Waals surface area (Å²) in [5.41, 5.74) is 1.85. The molecule has 1 saturated heterocycles. The molecule has 7 nitrogen and oxygen atoms in total. The molecule has 7 heteroatoms. The predicted octanol–water partition coefficient (Wildman–Crippen LogP) is 3.70. The molecule has 174 valence electrons. The Bertz CT molecular complexity index is 1340. The molecule has 2 unspecified atom stereocenters. The van der Waals surface area contributed by atoms with E-state index in [0.717, 1.165) is 4.90 Å². The van der Waals surface area contributed by atoms with Crippen molar-refractivity contribution in [3.63, 3.8) is 0 Å². The number of ether oxygens (including phenoxy) is 1. The average Bonchev–Trinajstić information content (AvgIpc) is 3.27. The third kappa shape index (κ3) is 3.75. The van der Waals surface area contributed by atoms with Crippen LogP contribution < -0.4 is 4.74 Å². The molecule has 2 atom stereocenters. The molecule has 2 aromatic carbocycles. The first-order chi connectivity index (χ1) is 16.9. The van der Waals surface area contributed by atoms with E-state index >= 15 is 0 Å². The second-order valence-electron chi connectivity index (χ2n) is 8.53. The SMILES string of the molecule is CCC(C(=O)Oc1ccc(C=C2C(=O)c3ccccc3C2=O)cc1)N1C(=O)C2=CC=CCC2C1=O. The first-order valence-electron chi connectivity index (χ1n) is 11.4. The van der Waals surface area contributed by atoms with Crippen LogP contribution in [0.2, 0.25) is 0 Å². The van der Waals surface area contributed by atoms with Crippen LogP contribution in [-0.2, 0) is 14.4 Å². The minimum atomic E-state index is -1.03. The van der Waals surface area contributed by atoms with Crippen LogP contribution in [0.1, 0.15) is 46.0 Å². The highest BCUT2D eigenvalue weighted by atomic mass is 16.5. The number of fused-ring (bicyclic) bond motifs is 2. The van der Waals surface area contributed by atoms with Gasteiger partial charge in [0.25, 0.3) is 5.91 Å². The van der Waals surface area contributed by atoms with Crippen LogP contribution in [-0.4, -0.2) is 40.3 Å². The Kier molecular flexibility index (Phi) is 5.61. The summed E-state index contributed by atoms with van der Waals surface area (Å²) in [6, 6.07) is 12.0. The fourth-order valence-corrected chi connectivity index (χ4v) is 4.63. The lowest BCUT2D eigenvalue weighted by Gasteiger charge is -2.23. The molecule has 1 fully saturated rings. The van der Waals surface area contributed by atoms with Crippen molar-refractivity contribution in [3.8, 4) is 5.75 Å². The van der Waals surface area contributed by atoms with Crippen molar-refractivity contribution in [1.29, 1.82) is 0 Å². The van der Waals surface area contributed by atoms with E-state index in [2.05, 4.69) is 0 Å². The van der Waals surface area contributed by atoms with E-state index in [1.165, 1.54) is 18.2 Å². The van der Waals surface area contributed by atoms with Gasteiger partial charge in [-0.05, 0) is 36.6 Å². The number of nitrogens with zero attached hydrogens (tertiary/aromatic N) is 1. The van der Waals surface area contributed by atoms with Gasteiger partial charge in [0, 0.05) is 16.7 Å². The number of rotatable bonds is 5. The fraction of sp³-hybridized carbons (Fsp3) is 0.179. The molecule has 3 aliphatic rings. The second kappa shape index (κ2) is 8.76. The van der Waals surface area contributed by atoms with Crippen molar-refractivity contribution < 1.29 is 28.7 Å². The molecule has 0 aromatic heterocycles. The Labute approximate surface area is 201 Å². The molecule has 1 aliphatic heterocycles. The largest absolute Gasteiger partial charge is 0.425 e. The maximum absolute atomic E-state index is 12.9. The number of amides is 2. The van der Waals surface area contributed by atoms with Crippen molar-refractivity contribution >= 4 is 35.4 Å². The molecular weight excluding hydrogens is 446 g/mol. The monoisotopic (exact) mass is 467 g/mol. The van der Waals surface area contributed by atoms with Crippen LogP contribution in [0, 0.1) is 5.92 Å². The second-order valence-corrected chi connectivity index (χ2v) is 8.53. The topological polar surface area (TPSA) is 97.8 Å². The van der Waals surface area contributed by atoms with Crippen LogP contribution in [0.3, 0.4) is 0 Å². The Morgan fingerprint density at radius 1 is 1.03 bits per heavy atom. The molecule has 0 spiro atoms. The summed E-state index contributed by atoms with van der Waals surface area (Å²) < 4.78 is 5.47. The number of Topliss-reactive ketones (excluding diaryl/α,β-unsaturated/α-hetero) is 2. The zero-order valence-electron chi connectivity index (χ0n) is 18.9. The van der Waals surface area contributed by atoms with Gasteiger partial charge in [0.2, 0.25) is 5.91 Å². The summed E-state index contributed by atoms with van der Waals surface area (Å²) in [6.07, 6.45) is 7.35. The van der Waals surface area contributed by atoms with Gasteiger partial charge in [-0.15, -0.1) is 0 Å². The number of allylic oxidation sites excluding steroid dienone is 4. The Balaban J connectivity index is 1.31. The zero-order chi connectivity index (χ0) is 24.7. The van der Waals surface area contributed by atoms with E-state index in [1.807, 2.05) is 6.08 Å². The molecule has 0 saturated carbocycles. The number of hydrogen-bond acceptors (Lipinski definition) is 6. The molecular formula is C28H21NO6. The molecule has 35 heavy (non-hydrogen) atoms. The average molecular weight is 467 g/mol. The highest BCUT2D eigenvalue weighted by Crippen LogP contribution is 2.34. The third-order valence-electron chi connectivity index (χ3n) is 6.45. The van der Waals surface area contributed by atoms with E-state index in [1.54, 1.807) is 55.5 Å². The Morgan fingerprint density at radius 2 is 1.69 bits per heavy atom. The highest BCUT2D eigenvalue weighted by molar-refractivity contribution is 6.41. The first-order valence-corrected chi connectivity index (χ1v) is 11.4. The Hall–Kier alpha value is -4.39. The smallest absolute Gasteiger partial charge is 0.334 e. The summed E-state index contributed by atoms with van der Waals surface area (Å²) in [5, 5.41) is 0. The predicted molar refractivity (Wildman–Crippen MR) is 126 cm³/mol. The molecule has 2 amide bonds. The van der Waals surface area contributed by atoms with Gasteiger partial charge in [-0.2, -0.15) is 0 Å². The summed E-state index contributed by atoms with van der Waals surface area (Å²) in [6.45, 7) is 1.71. The molecule has 0 bridgehead atoms. The molecule has 5 rings (SSSR count). The van der Waals surface area contributed by atoms with Crippen molar-refractivity contribution in [2.45, 2.75) is 25.8 Å². The minimum absolute atomic E-state index is 0.0818. The lowest BCUT2D eigenvalue weighted by Crippen LogP contribution is -2.46. The van der Waals surface area contributed by atoms with Crippen molar-refractivity contribution in [1.82, 2.24) is 4.90 Å². The third-order valence-corrected chi connectivity index (χ3v) is 6.45. The lowest BCUT2D eigenvalue weighted by molar-refractivity contribution is -0.153. The van der Waals surface area contributed by atoms with Gasteiger partial charge in [0.05, 0.1) is 11.5 Å². The van der Waals surface area contributed by atoms with E-state index in [9.17, 15) is 24.0 Å². The van der Waals surface area contributed by atoms with Crippen molar-refractivity contribution in [2.24, 2.45) is 5.92 Å². The number of benzene rings is 2. The number of carbonyl (C=O) groups excluding carboxylic acids is 5. The maximum Gasteiger partial charge on any atom is 0.334 e. The van der Waals surface area contributed by atoms with Gasteiger partial charge >= 0.3 is 5.97 Å². The van der Waals surface area contributed by atoms with Crippen LogP contribution in [0.15, 0.2) is 77.9 Å². The van der Waals surface area contributed by atoms with Gasteiger partial charge in [-0.25, -0.2) is 4.79 Å². The zero-order valence-corrected chi connectivity index (χ0v) is 18.9. The maximum atomic E-state index is 12.9. The fourth-order valence-electron chi connectivity index (χ4n) is 4.63. The van der Waals surface area contributed by atoms with Gasteiger partial charge in [0.1, 0.15) is 11.8 Å². The molecule has 0 radical (unpaired) electrons. The molecule has 1 heterocycles. The van der Waals surface area contributed by atoms with Crippen LogP contribution in [0.4, 0.5) is 0 Å². The normalized spacial score (nSPS) is 19.5. The summed E-state index contributed by atoms with van der Waals surface area (Å²) >= 11 is 0. The van der Waals surface area contributed by atoms with Crippen LogP contribution in [0.5, 0.6) is 5.75 Å². The summed E-state index contributed by atoms with van der Waals surface area (Å²) in [4.78, 5) is 64.7. The molecule has 2 aliphatic carbocycles. The number of ketones is 2. The van der Waals surface area contributed by atoms with E-state index in [-0.39, 0.29) is 35.2 Å². The summed E-state index contributed by atoms with van der Waals surface area (Å²) in [7, 11) is 0. The number of carbonyl (C=O) groups is 5. The van der Waals surface area contributed by atoms with Gasteiger partial charge < -0.3 is 4.74 Å². The minimum Gasteiger partial charge on any atom is -0.425 e. The van der Waals surface area contributed by atoms with Gasteiger partial charge in [-0.1, -0.05) is 61.5 Å². The van der Waals surface area contributed by atoms with E-state index < -0.39 is 23.8 Å². The van der Waals surface area contributed by atoms with Crippen molar-refractivity contribution in [2.75, 3.05) is 0 Å². The number of hydrogen-bond donors (Lipinski definition) is 0. The Morgan fingerprint density at radius 3 is 2.29 bits per heavy atom. The van der Waals surface area contributed by atoms with Crippen LogP contribution >= 0.6 is 0 Å². The number of esters is 1. The number of imide groups is 1. The quantitative estimate of drug-likeness (QED) is 0.219. The van der Waals surface area contributed by atoms with Gasteiger partial charge in [0.15, 0.2) is 11.6 Å². The summed E-state index contributed by atoms with van der Waals surface area (Å²) in [5.74, 6) is -2.51. The molecule has 2 aromatic rings. The number of likely N-dealkylation sites (tertiary alicyclic amines) is 1. The van der Waals surface area contributed by atoms with Gasteiger partial charge in [-0.3, -0.25) is 24.1 Å². The van der Waals surface area contributed by atoms with Crippen molar-refractivity contribution in [3.05, 3.63) is 94.6 Å². The van der Waals surface area contributed by atoms with E-state index in [0.29, 0.717) is 28.7 Å².